The lowest BCUT2D eigenvalue weighted by atomic mass is 10.3. The summed E-state index contributed by atoms with van der Waals surface area (Å²) in [5.74, 6) is -0.408. The van der Waals surface area contributed by atoms with Crippen LogP contribution >= 0.6 is 0 Å². The van der Waals surface area contributed by atoms with Crippen molar-refractivity contribution in [2.45, 2.75) is 23.8 Å². The van der Waals surface area contributed by atoms with E-state index in [1.165, 1.54) is 18.2 Å². The van der Waals surface area contributed by atoms with Crippen molar-refractivity contribution < 1.29 is 12.8 Å². The van der Waals surface area contributed by atoms with E-state index in [2.05, 4.69) is 5.32 Å². The summed E-state index contributed by atoms with van der Waals surface area (Å²) < 4.78 is 35.8. The molecule has 0 amide bonds. The molecule has 0 unspecified atom stereocenters. The monoisotopic (exact) mass is 229 g/mol. The molecule has 1 aromatic rings. The number of hydrogen-bond acceptors (Lipinski definition) is 3. The summed E-state index contributed by atoms with van der Waals surface area (Å²) in [6.45, 7) is 0. The minimum Gasteiger partial charge on any atom is -0.380 e. The Labute approximate surface area is 88.2 Å². The van der Waals surface area contributed by atoms with Gasteiger partial charge in [0.05, 0.1) is 10.6 Å². The van der Waals surface area contributed by atoms with Crippen molar-refractivity contribution in [2.75, 3.05) is 11.6 Å². The summed E-state index contributed by atoms with van der Waals surface area (Å²) in [6.07, 6.45) is 3.15. The number of nitrogens with one attached hydrogen (secondary N) is 1. The summed E-state index contributed by atoms with van der Waals surface area (Å²) in [6, 6.07) is 4.11. The molecule has 0 aliphatic heterocycles. The third kappa shape index (κ3) is 2.47. The Morgan fingerprint density at radius 2 is 2.07 bits per heavy atom. The number of hydrogen-bond donors (Lipinski definition) is 1. The average molecular weight is 229 g/mol. The number of sulfone groups is 1. The minimum atomic E-state index is -3.26. The van der Waals surface area contributed by atoms with E-state index in [0.29, 0.717) is 6.04 Å². The van der Waals surface area contributed by atoms with Gasteiger partial charge in [-0.2, -0.15) is 0 Å². The van der Waals surface area contributed by atoms with Gasteiger partial charge < -0.3 is 5.32 Å². The van der Waals surface area contributed by atoms with Gasteiger partial charge in [-0.3, -0.25) is 0 Å². The minimum absolute atomic E-state index is 0.145. The molecule has 0 heterocycles. The van der Waals surface area contributed by atoms with Crippen molar-refractivity contribution in [3.8, 4) is 0 Å². The van der Waals surface area contributed by atoms with Crippen molar-refractivity contribution >= 4 is 15.5 Å². The van der Waals surface area contributed by atoms with E-state index in [0.717, 1.165) is 19.1 Å². The van der Waals surface area contributed by atoms with Crippen molar-refractivity contribution in [3.63, 3.8) is 0 Å². The van der Waals surface area contributed by atoms with E-state index in [1.54, 1.807) is 0 Å². The molecular weight excluding hydrogens is 217 g/mol. The molecule has 0 aromatic heterocycles. The average Bonchev–Trinajstić information content (AvgIpc) is 2.90. The predicted molar refractivity (Wildman–Crippen MR) is 56.2 cm³/mol. The van der Waals surface area contributed by atoms with E-state index < -0.39 is 15.7 Å². The van der Waals surface area contributed by atoms with Gasteiger partial charge in [0.25, 0.3) is 0 Å². The maximum Gasteiger partial charge on any atom is 0.175 e. The van der Waals surface area contributed by atoms with Crippen molar-refractivity contribution in [3.05, 3.63) is 24.0 Å². The zero-order valence-electron chi connectivity index (χ0n) is 8.33. The Morgan fingerprint density at radius 1 is 1.40 bits per heavy atom. The molecule has 1 aliphatic rings. The van der Waals surface area contributed by atoms with Gasteiger partial charge in [-0.1, -0.05) is 0 Å². The molecular formula is C10H12FNO2S. The molecule has 0 bridgehead atoms. The van der Waals surface area contributed by atoms with Crippen LogP contribution in [0.15, 0.2) is 23.1 Å². The topological polar surface area (TPSA) is 46.2 Å². The van der Waals surface area contributed by atoms with Crippen LogP contribution in [0.2, 0.25) is 0 Å². The Morgan fingerprint density at radius 3 is 2.60 bits per heavy atom. The first kappa shape index (κ1) is 10.4. The van der Waals surface area contributed by atoms with Gasteiger partial charge in [-0.25, -0.2) is 12.8 Å². The zero-order chi connectivity index (χ0) is 11.1. The molecule has 15 heavy (non-hydrogen) atoms. The van der Waals surface area contributed by atoms with Gasteiger partial charge in [0.2, 0.25) is 0 Å². The van der Waals surface area contributed by atoms with Gasteiger partial charge in [-0.05, 0) is 31.0 Å². The van der Waals surface area contributed by atoms with Crippen LogP contribution in [0.5, 0.6) is 0 Å². The lowest BCUT2D eigenvalue weighted by molar-refractivity contribution is 0.600. The predicted octanol–water partition coefficient (Wildman–Crippen LogP) is 1.80. The van der Waals surface area contributed by atoms with Crippen LogP contribution in [0.25, 0.3) is 0 Å². The lowest BCUT2D eigenvalue weighted by Gasteiger charge is -2.07. The third-order valence-corrected chi connectivity index (χ3v) is 3.41. The number of halogens is 1. The van der Waals surface area contributed by atoms with Gasteiger partial charge in [0, 0.05) is 12.3 Å². The van der Waals surface area contributed by atoms with Gasteiger partial charge in [0.15, 0.2) is 9.84 Å². The van der Waals surface area contributed by atoms with Crippen LogP contribution < -0.4 is 5.32 Å². The van der Waals surface area contributed by atoms with Crippen molar-refractivity contribution in [1.82, 2.24) is 0 Å². The number of rotatable bonds is 3. The Kier molecular flexibility index (Phi) is 2.42. The van der Waals surface area contributed by atoms with Gasteiger partial charge in [0.1, 0.15) is 5.82 Å². The van der Waals surface area contributed by atoms with Crippen molar-refractivity contribution in [2.24, 2.45) is 0 Å². The normalized spacial score (nSPS) is 16.4. The Balaban J connectivity index is 2.35. The molecule has 3 nitrogen and oxygen atoms in total. The summed E-state index contributed by atoms with van der Waals surface area (Å²) in [4.78, 5) is 0.145. The zero-order valence-corrected chi connectivity index (χ0v) is 9.14. The third-order valence-electron chi connectivity index (χ3n) is 2.30. The summed E-state index contributed by atoms with van der Waals surface area (Å²) in [7, 11) is -3.26. The summed E-state index contributed by atoms with van der Waals surface area (Å²) in [5, 5.41) is 2.96. The molecule has 0 radical (unpaired) electrons. The molecule has 1 saturated carbocycles. The second kappa shape index (κ2) is 3.48. The fourth-order valence-corrected chi connectivity index (χ4v) is 1.94. The van der Waals surface area contributed by atoms with Gasteiger partial charge >= 0.3 is 0 Å². The van der Waals surface area contributed by atoms with Crippen LogP contribution in [0.1, 0.15) is 12.8 Å². The van der Waals surface area contributed by atoms with Crippen LogP contribution in [0.4, 0.5) is 10.1 Å². The number of anilines is 1. The highest BCUT2D eigenvalue weighted by molar-refractivity contribution is 7.90. The maximum absolute atomic E-state index is 13.3. The van der Waals surface area contributed by atoms with E-state index in [4.69, 9.17) is 0 Å². The first-order valence-electron chi connectivity index (χ1n) is 4.73. The molecule has 0 spiro atoms. The first-order chi connectivity index (χ1) is 6.97. The molecule has 1 N–H and O–H groups in total. The molecule has 0 atom stereocenters. The van der Waals surface area contributed by atoms with Crippen LogP contribution in [-0.2, 0) is 9.84 Å². The first-order valence-corrected chi connectivity index (χ1v) is 6.62. The fraction of sp³-hybridized carbons (Fsp3) is 0.400. The van der Waals surface area contributed by atoms with E-state index in [-0.39, 0.29) is 10.6 Å². The quantitative estimate of drug-likeness (QED) is 0.804. The second-order valence-electron chi connectivity index (χ2n) is 3.83. The van der Waals surface area contributed by atoms with Crippen LogP contribution in [0.3, 0.4) is 0 Å². The smallest absolute Gasteiger partial charge is 0.175 e. The SMILES string of the molecule is CS(=O)(=O)c1ccc(F)c(NC2CC2)c1. The Hall–Kier alpha value is -1.10. The summed E-state index contributed by atoms with van der Waals surface area (Å²) >= 11 is 0. The maximum atomic E-state index is 13.3. The number of benzene rings is 1. The summed E-state index contributed by atoms with van der Waals surface area (Å²) in [5.41, 5.74) is 0.278. The molecule has 1 aliphatic carbocycles. The molecule has 2 rings (SSSR count). The molecule has 1 fully saturated rings. The van der Waals surface area contributed by atoms with Gasteiger partial charge in [-0.15, -0.1) is 0 Å². The Bertz CT molecular complexity index is 480. The van der Waals surface area contributed by atoms with E-state index in [9.17, 15) is 12.8 Å². The van der Waals surface area contributed by atoms with Crippen molar-refractivity contribution in [1.29, 1.82) is 0 Å². The highest BCUT2D eigenvalue weighted by Crippen LogP contribution is 2.27. The van der Waals surface area contributed by atoms with E-state index >= 15 is 0 Å². The standard InChI is InChI=1S/C10H12FNO2S/c1-15(13,14)8-4-5-9(11)10(6-8)12-7-2-3-7/h4-7,12H,2-3H2,1H3. The van der Waals surface area contributed by atoms with E-state index in [1.807, 2.05) is 0 Å². The second-order valence-corrected chi connectivity index (χ2v) is 5.85. The van der Waals surface area contributed by atoms with Crippen LogP contribution in [0, 0.1) is 5.82 Å². The molecule has 82 valence electrons. The molecule has 0 saturated heterocycles. The lowest BCUT2D eigenvalue weighted by Crippen LogP contribution is -2.05. The highest BCUT2D eigenvalue weighted by Gasteiger charge is 2.22. The van der Waals surface area contributed by atoms with Crippen LogP contribution in [-0.4, -0.2) is 20.7 Å². The molecule has 1 aromatic carbocycles. The fourth-order valence-electron chi connectivity index (χ4n) is 1.29. The highest BCUT2D eigenvalue weighted by atomic mass is 32.2. The molecule has 5 heteroatoms. The largest absolute Gasteiger partial charge is 0.380 e.